The predicted molar refractivity (Wildman–Crippen MR) is 127 cm³/mol. The van der Waals surface area contributed by atoms with Crippen molar-refractivity contribution in [1.82, 2.24) is 4.31 Å². The van der Waals surface area contributed by atoms with Gasteiger partial charge in [0.25, 0.3) is 0 Å². The van der Waals surface area contributed by atoms with E-state index >= 15 is 0 Å². The molecule has 0 aliphatic carbocycles. The zero-order chi connectivity index (χ0) is 23.3. The molecule has 0 N–H and O–H groups in total. The molecular formula is C25H27NO4S2. The minimum absolute atomic E-state index is 0.286. The number of hydrogen-bond acceptors (Lipinski definition) is 4. The van der Waals surface area contributed by atoms with Gasteiger partial charge < -0.3 is 0 Å². The van der Waals surface area contributed by atoms with Gasteiger partial charge in [0.15, 0.2) is 9.84 Å². The summed E-state index contributed by atoms with van der Waals surface area (Å²) in [7, 11) is -6.88. The Kier molecular flexibility index (Phi) is 5.77. The maximum Gasteiger partial charge on any atom is 0.243 e. The molecule has 1 heterocycles. The molecule has 3 aromatic carbocycles. The minimum atomic E-state index is -3.60. The zero-order valence-electron chi connectivity index (χ0n) is 18.7. The molecule has 0 fully saturated rings. The number of sulfone groups is 1. The molecule has 0 bridgehead atoms. The van der Waals surface area contributed by atoms with Crippen LogP contribution in [0.3, 0.4) is 0 Å². The fourth-order valence-corrected chi connectivity index (χ4v) is 7.02. The van der Waals surface area contributed by atoms with Gasteiger partial charge >= 0.3 is 0 Å². The molecule has 0 saturated heterocycles. The van der Waals surface area contributed by atoms with Crippen LogP contribution in [0.2, 0.25) is 0 Å². The van der Waals surface area contributed by atoms with Gasteiger partial charge in [-0.2, -0.15) is 4.31 Å². The normalized spacial score (nSPS) is 14.9. The Morgan fingerprint density at radius 2 is 1.44 bits per heavy atom. The molecule has 4 rings (SSSR count). The third kappa shape index (κ3) is 4.25. The molecule has 168 valence electrons. The summed E-state index contributed by atoms with van der Waals surface area (Å²) in [6.07, 6.45) is 1.81. The highest BCUT2D eigenvalue weighted by Gasteiger charge is 2.31. The highest BCUT2D eigenvalue weighted by molar-refractivity contribution is 7.90. The van der Waals surface area contributed by atoms with Gasteiger partial charge in [0.05, 0.1) is 9.79 Å². The lowest BCUT2D eigenvalue weighted by Crippen LogP contribution is -2.36. The molecule has 7 heteroatoms. The predicted octanol–water partition coefficient (Wildman–Crippen LogP) is 4.43. The van der Waals surface area contributed by atoms with E-state index in [-0.39, 0.29) is 4.90 Å². The van der Waals surface area contributed by atoms with Crippen molar-refractivity contribution in [3.63, 3.8) is 0 Å². The lowest BCUT2D eigenvalue weighted by molar-refractivity contribution is 0.391. The molecule has 1 aliphatic heterocycles. The summed E-state index contributed by atoms with van der Waals surface area (Å²) in [5.41, 5.74) is 6.42. The number of benzene rings is 3. The summed E-state index contributed by atoms with van der Waals surface area (Å²) in [5.74, 6) is 0. The van der Waals surface area contributed by atoms with Gasteiger partial charge in [0.2, 0.25) is 10.0 Å². The van der Waals surface area contributed by atoms with Gasteiger partial charge in [0, 0.05) is 19.3 Å². The van der Waals surface area contributed by atoms with Crippen molar-refractivity contribution >= 4 is 19.9 Å². The van der Waals surface area contributed by atoms with Gasteiger partial charge in [-0.3, -0.25) is 0 Å². The highest BCUT2D eigenvalue weighted by Crippen LogP contribution is 2.32. The summed E-state index contributed by atoms with van der Waals surface area (Å²) >= 11 is 0. The van der Waals surface area contributed by atoms with E-state index in [2.05, 4.69) is 0 Å². The van der Waals surface area contributed by atoms with Gasteiger partial charge in [-0.15, -0.1) is 0 Å². The SMILES string of the molecule is Cc1cc(C)c(S(=O)(=O)N2CCc3cc(-c4cccc(S(C)(=O)=O)c4)ccc3C2)c(C)c1. The number of nitrogens with zero attached hydrogens (tertiary/aromatic N) is 1. The first-order valence-corrected chi connectivity index (χ1v) is 13.8. The van der Waals surface area contributed by atoms with Crippen LogP contribution in [0.1, 0.15) is 27.8 Å². The number of sulfonamides is 1. The van der Waals surface area contributed by atoms with Crippen LogP contribution in [0.25, 0.3) is 11.1 Å². The van der Waals surface area contributed by atoms with Crippen molar-refractivity contribution in [3.8, 4) is 11.1 Å². The molecule has 0 radical (unpaired) electrons. The maximum atomic E-state index is 13.4. The van der Waals surface area contributed by atoms with E-state index in [1.807, 2.05) is 57.2 Å². The third-order valence-corrected chi connectivity index (χ3v) is 9.24. The lowest BCUT2D eigenvalue weighted by Gasteiger charge is -2.29. The van der Waals surface area contributed by atoms with Crippen molar-refractivity contribution in [3.05, 3.63) is 82.4 Å². The molecule has 0 atom stereocenters. The van der Waals surface area contributed by atoms with Gasteiger partial charge in [-0.05, 0) is 72.7 Å². The van der Waals surface area contributed by atoms with E-state index in [1.165, 1.54) is 6.26 Å². The summed E-state index contributed by atoms with van der Waals surface area (Å²) < 4.78 is 52.2. The quantitative estimate of drug-likeness (QED) is 0.567. The number of aryl methyl sites for hydroxylation is 3. The van der Waals surface area contributed by atoms with Crippen LogP contribution in [-0.2, 0) is 32.8 Å². The molecule has 0 amide bonds. The van der Waals surface area contributed by atoms with Crippen LogP contribution in [-0.4, -0.2) is 33.9 Å². The average molecular weight is 470 g/mol. The number of hydrogen-bond donors (Lipinski definition) is 0. The standard InChI is InChI=1S/C25H27NO4S2/c1-17-12-18(2)25(19(3)13-17)32(29,30)26-11-10-22-14-21(8-9-23(22)16-26)20-6-5-7-24(15-20)31(4,27)28/h5-9,12-15H,10-11,16H2,1-4H3. The fraction of sp³-hybridized carbons (Fsp3) is 0.280. The van der Waals surface area contributed by atoms with Crippen molar-refractivity contribution in [1.29, 1.82) is 0 Å². The van der Waals surface area contributed by atoms with Crippen LogP contribution in [0.4, 0.5) is 0 Å². The van der Waals surface area contributed by atoms with E-state index in [9.17, 15) is 16.8 Å². The van der Waals surface area contributed by atoms with E-state index in [0.29, 0.717) is 24.4 Å². The Labute approximate surface area is 190 Å². The molecule has 0 aromatic heterocycles. The van der Waals surface area contributed by atoms with E-state index in [0.717, 1.165) is 38.9 Å². The second-order valence-electron chi connectivity index (χ2n) is 8.60. The van der Waals surface area contributed by atoms with Crippen LogP contribution in [0.5, 0.6) is 0 Å². The first kappa shape index (κ1) is 22.7. The molecule has 5 nitrogen and oxygen atoms in total. The summed E-state index contributed by atoms with van der Waals surface area (Å²) in [5, 5.41) is 0. The van der Waals surface area contributed by atoms with Gasteiger partial charge in [-0.1, -0.05) is 48.0 Å². The molecule has 0 saturated carbocycles. The number of rotatable bonds is 4. The van der Waals surface area contributed by atoms with E-state index in [4.69, 9.17) is 0 Å². The first-order valence-electron chi connectivity index (χ1n) is 10.5. The molecule has 0 spiro atoms. The van der Waals surface area contributed by atoms with Gasteiger partial charge in [0.1, 0.15) is 0 Å². The van der Waals surface area contributed by atoms with Crippen LogP contribution in [0, 0.1) is 20.8 Å². The van der Waals surface area contributed by atoms with Gasteiger partial charge in [-0.25, -0.2) is 16.8 Å². The Balaban J connectivity index is 1.65. The molecule has 1 aliphatic rings. The largest absolute Gasteiger partial charge is 0.243 e. The van der Waals surface area contributed by atoms with Crippen molar-refractivity contribution < 1.29 is 16.8 Å². The summed E-state index contributed by atoms with van der Waals surface area (Å²) in [4.78, 5) is 0.689. The monoisotopic (exact) mass is 469 g/mol. The van der Waals surface area contributed by atoms with Crippen LogP contribution < -0.4 is 0 Å². The molecular weight excluding hydrogens is 442 g/mol. The molecule has 32 heavy (non-hydrogen) atoms. The minimum Gasteiger partial charge on any atom is -0.224 e. The van der Waals surface area contributed by atoms with Crippen molar-refractivity contribution in [2.45, 2.75) is 43.5 Å². The summed E-state index contributed by atoms with van der Waals surface area (Å²) in [6.45, 7) is 6.41. The van der Waals surface area contributed by atoms with Crippen LogP contribution >= 0.6 is 0 Å². The second-order valence-corrected chi connectivity index (χ2v) is 12.5. The van der Waals surface area contributed by atoms with Crippen molar-refractivity contribution in [2.24, 2.45) is 0 Å². The smallest absolute Gasteiger partial charge is 0.224 e. The number of fused-ring (bicyclic) bond motifs is 1. The third-order valence-electron chi connectivity index (χ3n) is 5.98. The average Bonchev–Trinajstić information content (AvgIpc) is 2.71. The topological polar surface area (TPSA) is 71.5 Å². The zero-order valence-corrected chi connectivity index (χ0v) is 20.3. The fourth-order valence-electron chi connectivity index (χ4n) is 4.52. The Bertz CT molecular complexity index is 1400. The highest BCUT2D eigenvalue weighted by atomic mass is 32.2. The Morgan fingerprint density at radius 3 is 2.09 bits per heavy atom. The summed E-state index contributed by atoms with van der Waals surface area (Å²) in [6, 6.07) is 16.7. The van der Waals surface area contributed by atoms with E-state index < -0.39 is 19.9 Å². The lowest BCUT2D eigenvalue weighted by atomic mass is 9.95. The maximum absolute atomic E-state index is 13.4. The molecule has 3 aromatic rings. The second kappa shape index (κ2) is 8.14. The van der Waals surface area contributed by atoms with E-state index in [1.54, 1.807) is 22.5 Å². The van der Waals surface area contributed by atoms with Crippen molar-refractivity contribution in [2.75, 3.05) is 12.8 Å². The Hall–Kier alpha value is -2.48. The molecule has 0 unspecified atom stereocenters. The Morgan fingerprint density at radius 1 is 0.781 bits per heavy atom. The first-order chi connectivity index (χ1) is 15.0. The van der Waals surface area contributed by atoms with Crippen LogP contribution in [0.15, 0.2) is 64.4 Å².